The van der Waals surface area contributed by atoms with Gasteiger partial charge in [-0.25, -0.2) is 4.79 Å². The van der Waals surface area contributed by atoms with Crippen LogP contribution in [-0.4, -0.2) is 28.1 Å². The van der Waals surface area contributed by atoms with Gasteiger partial charge in [0.1, 0.15) is 5.78 Å². The molecule has 0 amide bonds. The number of carboxylic acids is 1. The van der Waals surface area contributed by atoms with Gasteiger partial charge in [0, 0.05) is 19.5 Å². The number of Topliss-reactive ketones (excluding diaryl/α,β-unsaturated/α-hetero) is 2. The SMILES string of the molecule is CC(=O)CC(=O)C(=O)O.O.[Zn]. The summed E-state index contributed by atoms with van der Waals surface area (Å²) in [6, 6.07) is 0. The van der Waals surface area contributed by atoms with E-state index in [1.165, 1.54) is 6.92 Å². The van der Waals surface area contributed by atoms with Crippen LogP contribution in [0.5, 0.6) is 0 Å². The summed E-state index contributed by atoms with van der Waals surface area (Å²) in [5.74, 6) is -3.03. The van der Waals surface area contributed by atoms with E-state index < -0.39 is 24.0 Å². The van der Waals surface area contributed by atoms with Crippen LogP contribution >= 0.6 is 0 Å². The van der Waals surface area contributed by atoms with Crippen LogP contribution in [0.1, 0.15) is 13.3 Å². The minimum absolute atomic E-state index is 0. The predicted molar refractivity (Wildman–Crippen MR) is 31.6 cm³/mol. The fraction of sp³-hybridized carbons (Fsp3) is 0.400. The van der Waals surface area contributed by atoms with Crippen LogP contribution in [0.2, 0.25) is 0 Å². The van der Waals surface area contributed by atoms with Gasteiger partial charge in [-0.05, 0) is 6.92 Å². The summed E-state index contributed by atoms with van der Waals surface area (Å²) < 4.78 is 0. The van der Waals surface area contributed by atoms with E-state index >= 15 is 0 Å². The van der Waals surface area contributed by atoms with Gasteiger partial charge in [-0.2, -0.15) is 0 Å². The first kappa shape index (κ1) is 16.8. The topological polar surface area (TPSA) is 103 Å². The summed E-state index contributed by atoms with van der Waals surface area (Å²) in [6.45, 7) is 1.17. The molecule has 0 aromatic rings. The second-order valence-corrected chi connectivity index (χ2v) is 1.61. The Morgan fingerprint density at radius 3 is 1.73 bits per heavy atom. The van der Waals surface area contributed by atoms with E-state index in [9.17, 15) is 14.4 Å². The Labute approximate surface area is 75.8 Å². The van der Waals surface area contributed by atoms with E-state index in [1.54, 1.807) is 0 Å². The molecule has 0 bridgehead atoms. The Hall–Kier alpha value is -0.607. The zero-order valence-corrected chi connectivity index (χ0v) is 9.05. The molecule has 0 heterocycles. The second-order valence-electron chi connectivity index (χ2n) is 1.61. The van der Waals surface area contributed by atoms with Crippen LogP contribution in [0.4, 0.5) is 0 Å². The molecule has 0 saturated carbocycles. The van der Waals surface area contributed by atoms with E-state index in [0.717, 1.165) is 0 Å². The van der Waals surface area contributed by atoms with Crippen molar-refractivity contribution in [1.82, 2.24) is 0 Å². The molecule has 0 aromatic carbocycles. The molecule has 60 valence electrons. The van der Waals surface area contributed by atoms with E-state index in [4.69, 9.17) is 5.11 Å². The van der Waals surface area contributed by atoms with Crippen LogP contribution < -0.4 is 0 Å². The Kier molecular flexibility index (Phi) is 11.4. The Balaban J connectivity index is -0.000000320. The number of hydrogen-bond acceptors (Lipinski definition) is 3. The normalized spacial score (nSPS) is 7.00. The van der Waals surface area contributed by atoms with Crippen LogP contribution in [0.15, 0.2) is 0 Å². The number of ketones is 2. The molecule has 6 heteroatoms. The van der Waals surface area contributed by atoms with Crippen molar-refractivity contribution in [3.05, 3.63) is 0 Å². The van der Waals surface area contributed by atoms with Crippen molar-refractivity contribution in [2.45, 2.75) is 13.3 Å². The Bertz CT molecular complexity index is 164. The third kappa shape index (κ3) is 9.39. The van der Waals surface area contributed by atoms with Gasteiger partial charge in [-0.15, -0.1) is 0 Å². The van der Waals surface area contributed by atoms with Crippen molar-refractivity contribution in [2.75, 3.05) is 0 Å². The maximum Gasteiger partial charge on any atom is 0.372 e. The molecule has 0 radical (unpaired) electrons. The number of hydrogen-bond donors (Lipinski definition) is 1. The summed E-state index contributed by atoms with van der Waals surface area (Å²) in [7, 11) is 0. The Morgan fingerprint density at radius 1 is 1.27 bits per heavy atom. The molecule has 0 aliphatic carbocycles. The maximum atomic E-state index is 10.1. The molecule has 11 heavy (non-hydrogen) atoms. The maximum absolute atomic E-state index is 10.1. The van der Waals surface area contributed by atoms with Crippen LogP contribution in [0.25, 0.3) is 0 Å². The first-order valence-corrected chi connectivity index (χ1v) is 2.29. The summed E-state index contributed by atoms with van der Waals surface area (Å²) in [4.78, 5) is 29.9. The van der Waals surface area contributed by atoms with Crippen LogP contribution in [0.3, 0.4) is 0 Å². The van der Waals surface area contributed by atoms with Crippen LogP contribution in [0, 0.1) is 0 Å². The Morgan fingerprint density at radius 2 is 1.64 bits per heavy atom. The quantitative estimate of drug-likeness (QED) is 0.361. The van der Waals surface area contributed by atoms with Gasteiger partial charge in [-0.3, -0.25) is 9.59 Å². The van der Waals surface area contributed by atoms with Crippen molar-refractivity contribution >= 4 is 17.5 Å². The smallest absolute Gasteiger partial charge is 0.372 e. The molecule has 0 fully saturated rings. The molecular formula is C5H8O5Zn. The number of carbonyl (C=O) groups excluding carboxylic acids is 2. The van der Waals surface area contributed by atoms with E-state index in [1.807, 2.05) is 0 Å². The first-order valence-electron chi connectivity index (χ1n) is 2.29. The predicted octanol–water partition coefficient (Wildman–Crippen LogP) is -1.21. The summed E-state index contributed by atoms with van der Waals surface area (Å²) in [5.41, 5.74) is 0. The van der Waals surface area contributed by atoms with Crippen molar-refractivity contribution in [1.29, 1.82) is 0 Å². The minimum Gasteiger partial charge on any atom is -0.475 e. The monoisotopic (exact) mass is 212 g/mol. The average molecular weight is 214 g/mol. The zero-order chi connectivity index (χ0) is 7.44. The van der Waals surface area contributed by atoms with Crippen molar-refractivity contribution in [3.63, 3.8) is 0 Å². The van der Waals surface area contributed by atoms with Crippen molar-refractivity contribution in [2.24, 2.45) is 0 Å². The van der Waals surface area contributed by atoms with Crippen molar-refractivity contribution < 1.29 is 44.4 Å². The van der Waals surface area contributed by atoms with E-state index in [2.05, 4.69) is 0 Å². The van der Waals surface area contributed by atoms with Gasteiger partial charge in [0.15, 0.2) is 0 Å². The molecule has 5 nitrogen and oxygen atoms in total. The second kappa shape index (κ2) is 7.50. The third-order valence-corrected chi connectivity index (χ3v) is 0.648. The molecule has 0 aromatic heterocycles. The fourth-order valence-corrected chi connectivity index (χ4v) is 0.302. The number of aliphatic carboxylic acids is 1. The molecule has 0 spiro atoms. The minimum atomic E-state index is -1.55. The average Bonchev–Trinajstić information content (AvgIpc) is 1.63. The first-order chi connectivity index (χ1) is 4.04. The molecule has 0 aliphatic heterocycles. The van der Waals surface area contributed by atoms with Gasteiger partial charge < -0.3 is 10.6 Å². The van der Waals surface area contributed by atoms with E-state index in [-0.39, 0.29) is 25.0 Å². The largest absolute Gasteiger partial charge is 0.475 e. The molecule has 0 rings (SSSR count). The number of carboxylic acid groups (broad SMARTS) is 1. The summed E-state index contributed by atoms with van der Waals surface area (Å²) in [6.07, 6.45) is -0.505. The fourth-order valence-electron chi connectivity index (χ4n) is 0.302. The third-order valence-electron chi connectivity index (χ3n) is 0.648. The van der Waals surface area contributed by atoms with Crippen molar-refractivity contribution in [3.8, 4) is 0 Å². The van der Waals surface area contributed by atoms with Gasteiger partial charge in [0.25, 0.3) is 0 Å². The zero-order valence-electron chi connectivity index (χ0n) is 6.09. The van der Waals surface area contributed by atoms with E-state index in [0.29, 0.717) is 0 Å². The van der Waals surface area contributed by atoms with Gasteiger partial charge in [0.2, 0.25) is 5.78 Å². The molecular weight excluding hydrogens is 205 g/mol. The standard InChI is InChI=1S/C5H6O4.H2O.Zn/c1-3(6)2-4(7)5(8)9;;/h2H2,1H3,(H,8,9);1H2;. The summed E-state index contributed by atoms with van der Waals surface area (Å²) >= 11 is 0. The van der Waals surface area contributed by atoms with Gasteiger partial charge in [-0.1, -0.05) is 0 Å². The molecule has 0 atom stereocenters. The molecule has 0 aliphatic rings. The van der Waals surface area contributed by atoms with Gasteiger partial charge >= 0.3 is 5.97 Å². The number of carbonyl (C=O) groups is 3. The molecule has 3 N–H and O–H groups in total. The summed E-state index contributed by atoms with van der Waals surface area (Å²) in [5, 5.41) is 7.93. The number of rotatable bonds is 3. The molecule has 0 saturated heterocycles. The molecule has 0 unspecified atom stereocenters. The van der Waals surface area contributed by atoms with Gasteiger partial charge in [0.05, 0.1) is 6.42 Å². The van der Waals surface area contributed by atoms with Crippen LogP contribution in [-0.2, 0) is 33.9 Å².